The number of pyridine rings is 1. The average molecular weight is 451 g/mol. The van der Waals surface area contributed by atoms with Crippen LogP contribution in [0.1, 0.15) is 11.3 Å². The number of fused-ring (bicyclic) bond motifs is 1. The van der Waals surface area contributed by atoms with Crippen LogP contribution in [0.4, 0.5) is 5.69 Å². The number of H-pyrrole nitrogens is 1. The van der Waals surface area contributed by atoms with Crippen LogP contribution in [0.25, 0.3) is 11.4 Å². The Morgan fingerprint density at radius 3 is 2.63 bits per heavy atom. The lowest BCUT2D eigenvalue weighted by Gasteiger charge is -2.32. The molecular weight excluding hydrogens is 434 g/mol. The third-order valence-corrected chi connectivity index (χ3v) is 6.99. The Kier molecular flexibility index (Phi) is 4.71. The molecule has 0 spiro atoms. The molecule has 0 fully saturated rings. The molecule has 3 heterocycles. The fraction of sp³-hybridized carbons (Fsp3) is 0.250. The van der Waals surface area contributed by atoms with E-state index in [4.69, 9.17) is 5.14 Å². The number of primary sulfonamides is 1. The molecule has 3 aromatic rings. The molecule has 158 valence electrons. The molecule has 12 nitrogen and oxygen atoms in total. The number of hydrogen-bond acceptors (Lipinski definition) is 10. The van der Waals surface area contributed by atoms with Crippen molar-refractivity contribution in [1.82, 2.24) is 25.6 Å². The molecule has 14 heteroatoms. The zero-order chi connectivity index (χ0) is 21.7. The summed E-state index contributed by atoms with van der Waals surface area (Å²) in [5, 5.41) is 28.4. The van der Waals surface area contributed by atoms with Gasteiger partial charge in [-0.25, -0.2) is 27.1 Å². The number of sulfonamides is 1. The first-order valence-electron chi connectivity index (χ1n) is 8.61. The van der Waals surface area contributed by atoms with Gasteiger partial charge in [0.1, 0.15) is 10.6 Å². The van der Waals surface area contributed by atoms with Crippen LogP contribution < -0.4 is 10.0 Å². The van der Waals surface area contributed by atoms with Crippen molar-refractivity contribution in [3.8, 4) is 17.1 Å². The van der Waals surface area contributed by atoms with Gasteiger partial charge in [-0.2, -0.15) is 0 Å². The van der Waals surface area contributed by atoms with E-state index in [-0.39, 0.29) is 17.1 Å². The number of rotatable bonds is 4. The number of aromatic hydroxyl groups is 1. The number of nitrogens with zero attached hydrogens (tertiary/aromatic N) is 5. The molecule has 1 aliphatic rings. The van der Waals surface area contributed by atoms with Crippen molar-refractivity contribution in [2.75, 3.05) is 17.7 Å². The summed E-state index contributed by atoms with van der Waals surface area (Å²) in [5.74, 6) is -0.0349. The lowest BCUT2D eigenvalue weighted by atomic mass is 10.0. The minimum absolute atomic E-state index is 0.00732. The maximum atomic E-state index is 12.5. The molecule has 0 unspecified atom stereocenters. The molecule has 4 N–H and O–H groups in total. The Bertz CT molecular complexity index is 1340. The van der Waals surface area contributed by atoms with Gasteiger partial charge in [-0.1, -0.05) is 0 Å². The van der Waals surface area contributed by atoms with Gasteiger partial charge in [0.25, 0.3) is 0 Å². The van der Waals surface area contributed by atoms with E-state index in [1.165, 1.54) is 18.3 Å². The van der Waals surface area contributed by atoms with Crippen molar-refractivity contribution in [1.29, 1.82) is 0 Å². The van der Waals surface area contributed by atoms with Gasteiger partial charge in [-0.15, -0.1) is 5.10 Å². The van der Waals surface area contributed by atoms with Gasteiger partial charge in [0.05, 0.1) is 16.7 Å². The fourth-order valence-electron chi connectivity index (χ4n) is 3.50. The lowest BCUT2D eigenvalue weighted by molar-refractivity contribution is 0.470. The van der Waals surface area contributed by atoms with E-state index in [0.29, 0.717) is 25.2 Å². The van der Waals surface area contributed by atoms with Crippen LogP contribution >= 0.6 is 0 Å². The standard InChI is InChI=1S/C16H17N7O5S2/c1-29(25,26)13-3-2-12(14(15(13)30(17,27)28)16-19-21-22-20-16)23-5-4-11-9(8-23)6-10(24)7-18-11/h2-3,6-7,24H,4-5,8H2,1H3,(H2,17,27,28)(H,19,20,21,22). The van der Waals surface area contributed by atoms with Crippen molar-refractivity contribution < 1.29 is 21.9 Å². The summed E-state index contributed by atoms with van der Waals surface area (Å²) >= 11 is 0. The molecule has 30 heavy (non-hydrogen) atoms. The Balaban J connectivity index is 1.98. The molecular formula is C16H17N7O5S2. The maximum absolute atomic E-state index is 12.5. The van der Waals surface area contributed by atoms with Crippen LogP contribution in [0.2, 0.25) is 0 Å². The van der Waals surface area contributed by atoms with Crippen LogP contribution in [0.3, 0.4) is 0 Å². The van der Waals surface area contributed by atoms with E-state index >= 15 is 0 Å². The lowest BCUT2D eigenvalue weighted by Crippen LogP contribution is -2.32. The van der Waals surface area contributed by atoms with Crippen LogP contribution in [-0.4, -0.2) is 60.4 Å². The van der Waals surface area contributed by atoms with Gasteiger partial charge >= 0.3 is 0 Å². The third-order valence-electron chi connectivity index (χ3n) is 4.73. The number of aromatic nitrogens is 5. The minimum Gasteiger partial charge on any atom is -0.506 e. The average Bonchev–Trinajstić information content (AvgIpc) is 3.19. The SMILES string of the molecule is CS(=O)(=O)c1ccc(N2CCc3ncc(O)cc3C2)c(-c2nnn[nH]2)c1S(N)(=O)=O. The van der Waals surface area contributed by atoms with Crippen LogP contribution in [-0.2, 0) is 32.8 Å². The number of hydrogen-bond donors (Lipinski definition) is 3. The molecule has 4 rings (SSSR count). The normalized spacial score (nSPS) is 14.5. The molecule has 0 aliphatic carbocycles. The number of anilines is 1. The minimum atomic E-state index is -4.48. The molecule has 0 saturated heterocycles. The second kappa shape index (κ2) is 7.00. The first kappa shape index (κ1) is 20.2. The van der Waals surface area contributed by atoms with Gasteiger partial charge in [0.15, 0.2) is 15.7 Å². The second-order valence-electron chi connectivity index (χ2n) is 6.82. The number of nitrogens with two attached hydrogens (primary N) is 1. The Morgan fingerprint density at radius 1 is 1.23 bits per heavy atom. The van der Waals surface area contributed by atoms with E-state index in [1.54, 1.807) is 6.07 Å². The van der Waals surface area contributed by atoms with E-state index in [9.17, 15) is 21.9 Å². The largest absolute Gasteiger partial charge is 0.506 e. The summed E-state index contributed by atoms with van der Waals surface area (Å²) in [6.45, 7) is 0.759. The summed E-state index contributed by atoms with van der Waals surface area (Å²) in [6.07, 6.45) is 2.78. The number of benzene rings is 1. The predicted octanol–water partition coefficient (Wildman–Crippen LogP) is -0.419. The topological polar surface area (TPSA) is 185 Å². The van der Waals surface area contributed by atoms with Gasteiger partial charge in [-0.3, -0.25) is 4.98 Å². The van der Waals surface area contributed by atoms with E-state index in [2.05, 4.69) is 25.6 Å². The third kappa shape index (κ3) is 3.59. The predicted molar refractivity (Wildman–Crippen MR) is 105 cm³/mol. The highest BCUT2D eigenvalue weighted by atomic mass is 32.2. The van der Waals surface area contributed by atoms with Crippen molar-refractivity contribution >= 4 is 25.5 Å². The first-order valence-corrected chi connectivity index (χ1v) is 12.0. The Hall–Kier alpha value is -3.10. The van der Waals surface area contributed by atoms with Gasteiger partial charge in [0.2, 0.25) is 10.0 Å². The summed E-state index contributed by atoms with van der Waals surface area (Å²) < 4.78 is 49.5. The van der Waals surface area contributed by atoms with Gasteiger partial charge < -0.3 is 10.0 Å². The molecule has 2 aromatic heterocycles. The van der Waals surface area contributed by atoms with Crippen molar-refractivity contribution in [3.63, 3.8) is 0 Å². The Labute approximate surface area is 171 Å². The smallest absolute Gasteiger partial charge is 0.240 e. The number of nitrogens with one attached hydrogen (secondary N) is 1. The summed E-state index contributed by atoms with van der Waals surface area (Å²) in [7, 11) is -8.41. The number of sulfone groups is 1. The zero-order valence-corrected chi connectivity index (χ0v) is 17.3. The molecule has 1 aliphatic heterocycles. The van der Waals surface area contributed by atoms with Crippen molar-refractivity contribution in [3.05, 3.63) is 35.7 Å². The van der Waals surface area contributed by atoms with Crippen molar-refractivity contribution in [2.45, 2.75) is 22.8 Å². The van der Waals surface area contributed by atoms with E-state index in [0.717, 1.165) is 17.5 Å². The monoisotopic (exact) mass is 451 g/mol. The number of aromatic amines is 1. The molecule has 0 saturated carbocycles. The summed E-state index contributed by atoms with van der Waals surface area (Å²) in [4.78, 5) is 5.00. The van der Waals surface area contributed by atoms with E-state index in [1.807, 2.05) is 4.90 Å². The second-order valence-corrected chi connectivity index (χ2v) is 10.3. The highest BCUT2D eigenvalue weighted by molar-refractivity contribution is 7.93. The highest BCUT2D eigenvalue weighted by Crippen LogP contribution is 2.39. The van der Waals surface area contributed by atoms with Crippen LogP contribution in [0.5, 0.6) is 5.75 Å². The molecule has 0 amide bonds. The summed E-state index contributed by atoms with van der Waals surface area (Å²) in [6, 6.07) is 4.27. The fourth-order valence-corrected chi connectivity index (χ4v) is 5.90. The molecule has 1 aromatic carbocycles. The van der Waals surface area contributed by atoms with Crippen LogP contribution in [0.15, 0.2) is 34.2 Å². The quantitative estimate of drug-likeness (QED) is 0.470. The van der Waals surface area contributed by atoms with Crippen LogP contribution in [0, 0.1) is 0 Å². The van der Waals surface area contributed by atoms with Crippen molar-refractivity contribution in [2.24, 2.45) is 5.14 Å². The zero-order valence-electron chi connectivity index (χ0n) is 15.6. The summed E-state index contributed by atoms with van der Waals surface area (Å²) in [5.41, 5.74) is 1.90. The first-order chi connectivity index (χ1) is 14.1. The maximum Gasteiger partial charge on any atom is 0.240 e. The van der Waals surface area contributed by atoms with Gasteiger partial charge in [-0.05, 0) is 34.2 Å². The van der Waals surface area contributed by atoms with Gasteiger partial charge in [0, 0.05) is 37.1 Å². The number of tetrazole rings is 1. The highest BCUT2D eigenvalue weighted by Gasteiger charge is 2.32. The Morgan fingerprint density at radius 2 is 2.00 bits per heavy atom. The molecule has 0 bridgehead atoms. The molecule has 0 radical (unpaired) electrons. The molecule has 0 atom stereocenters. The van der Waals surface area contributed by atoms with E-state index < -0.39 is 29.7 Å².